The van der Waals surface area contributed by atoms with Gasteiger partial charge in [0, 0.05) is 19.1 Å². The third-order valence-electron chi connectivity index (χ3n) is 5.36. The number of fused-ring (bicyclic) bond motifs is 1. The van der Waals surface area contributed by atoms with Crippen molar-refractivity contribution in [2.24, 2.45) is 5.92 Å². The summed E-state index contributed by atoms with van der Waals surface area (Å²) in [4.78, 5) is 25.0. The lowest BCUT2D eigenvalue weighted by atomic mass is 10.2. The molecule has 3 aromatic heterocycles. The second-order valence-corrected chi connectivity index (χ2v) is 7.20. The molecule has 27 heavy (non-hydrogen) atoms. The van der Waals surface area contributed by atoms with Gasteiger partial charge in [0.2, 0.25) is 5.95 Å². The molecule has 0 amide bonds. The minimum Gasteiger partial charge on any atom is -0.382 e. The van der Waals surface area contributed by atoms with Gasteiger partial charge in [0.1, 0.15) is 22.7 Å². The highest BCUT2D eigenvalue weighted by Gasteiger charge is 2.31. The van der Waals surface area contributed by atoms with Crippen molar-refractivity contribution in [3.8, 4) is 11.4 Å². The fourth-order valence-corrected chi connectivity index (χ4v) is 3.55. The molecular formula is C18H22N8O. The van der Waals surface area contributed by atoms with Crippen LogP contribution in [0.5, 0.6) is 0 Å². The molecule has 2 aliphatic rings. The molecule has 9 nitrogen and oxygen atoms in total. The molecule has 140 valence electrons. The van der Waals surface area contributed by atoms with Crippen LogP contribution in [-0.2, 0) is 4.74 Å². The number of anilines is 2. The van der Waals surface area contributed by atoms with E-state index in [1.54, 1.807) is 12.4 Å². The predicted molar refractivity (Wildman–Crippen MR) is 101 cm³/mol. The summed E-state index contributed by atoms with van der Waals surface area (Å²) >= 11 is 0. The van der Waals surface area contributed by atoms with Gasteiger partial charge in [0.05, 0.1) is 31.9 Å². The Hall–Kier alpha value is -2.81. The largest absolute Gasteiger partial charge is 0.382 e. The number of ether oxygens (including phenoxy) is 1. The average Bonchev–Trinajstić information content (AvgIpc) is 3.47. The number of nitrogen functional groups attached to an aromatic ring is 1. The van der Waals surface area contributed by atoms with Gasteiger partial charge in [-0.25, -0.2) is 19.9 Å². The smallest absolute Gasteiger partial charge is 0.228 e. The number of rotatable bonds is 4. The number of imidazole rings is 1. The fraction of sp³-hybridized carbons (Fsp3) is 0.500. The summed E-state index contributed by atoms with van der Waals surface area (Å²) in [6.07, 6.45) is 7.59. The van der Waals surface area contributed by atoms with Crippen LogP contribution in [0.25, 0.3) is 22.6 Å². The first-order valence-corrected chi connectivity index (χ1v) is 9.36. The van der Waals surface area contributed by atoms with Gasteiger partial charge >= 0.3 is 0 Å². The quantitative estimate of drug-likeness (QED) is 0.743. The lowest BCUT2D eigenvalue weighted by Gasteiger charge is -2.27. The van der Waals surface area contributed by atoms with Gasteiger partial charge in [-0.1, -0.05) is 0 Å². The molecule has 1 saturated heterocycles. The Morgan fingerprint density at radius 2 is 1.93 bits per heavy atom. The molecule has 1 aliphatic heterocycles. The number of aromatic nitrogens is 6. The van der Waals surface area contributed by atoms with Crippen LogP contribution in [0.1, 0.15) is 25.8 Å². The first-order chi connectivity index (χ1) is 13.2. The summed E-state index contributed by atoms with van der Waals surface area (Å²) in [6, 6.07) is 0.368. The minimum absolute atomic E-state index is 0.368. The van der Waals surface area contributed by atoms with Crippen molar-refractivity contribution < 1.29 is 4.74 Å². The average molecular weight is 366 g/mol. The number of hydrogen-bond acceptors (Lipinski definition) is 8. The molecule has 0 radical (unpaired) electrons. The van der Waals surface area contributed by atoms with Crippen molar-refractivity contribution in [3.05, 3.63) is 18.7 Å². The molecule has 5 rings (SSSR count). The van der Waals surface area contributed by atoms with E-state index in [1.165, 1.54) is 12.8 Å². The molecule has 2 N–H and O–H groups in total. The molecule has 1 saturated carbocycles. The summed E-state index contributed by atoms with van der Waals surface area (Å²) in [5.74, 6) is 1.76. The van der Waals surface area contributed by atoms with Crippen molar-refractivity contribution in [2.75, 3.05) is 36.9 Å². The first kappa shape index (κ1) is 16.4. The predicted octanol–water partition coefficient (Wildman–Crippen LogP) is 1.67. The van der Waals surface area contributed by atoms with Crippen LogP contribution >= 0.6 is 0 Å². The maximum Gasteiger partial charge on any atom is 0.228 e. The van der Waals surface area contributed by atoms with Crippen LogP contribution in [0, 0.1) is 5.92 Å². The van der Waals surface area contributed by atoms with Crippen molar-refractivity contribution in [1.82, 2.24) is 29.5 Å². The van der Waals surface area contributed by atoms with E-state index < -0.39 is 0 Å². The summed E-state index contributed by atoms with van der Waals surface area (Å²) in [7, 11) is 0. The Kier molecular flexibility index (Phi) is 3.89. The molecule has 4 heterocycles. The van der Waals surface area contributed by atoms with Crippen LogP contribution in [0.3, 0.4) is 0 Å². The van der Waals surface area contributed by atoms with E-state index >= 15 is 0 Å². The van der Waals surface area contributed by atoms with Gasteiger partial charge in [0.15, 0.2) is 5.65 Å². The number of hydrogen-bond donors (Lipinski definition) is 1. The SMILES string of the molecule is CC(C1CC1)n1cnc2c(-c3cnc(N)cn3)nc(N3CCOCC3)nc21. The van der Waals surface area contributed by atoms with E-state index in [0.29, 0.717) is 48.3 Å². The minimum atomic E-state index is 0.368. The van der Waals surface area contributed by atoms with Crippen LogP contribution in [0.2, 0.25) is 0 Å². The van der Waals surface area contributed by atoms with E-state index in [4.69, 9.17) is 20.4 Å². The normalized spacial score (nSPS) is 18.8. The molecule has 1 aliphatic carbocycles. The van der Waals surface area contributed by atoms with E-state index in [1.807, 2.05) is 6.33 Å². The highest BCUT2D eigenvalue weighted by Crippen LogP contribution is 2.41. The summed E-state index contributed by atoms with van der Waals surface area (Å²) < 4.78 is 7.65. The van der Waals surface area contributed by atoms with Crippen molar-refractivity contribution in [1.29, 1.82) is 0 Å². The monoisotopic (exact) mass is 366 g/mol. The molecule has 0 spiro atoms. The lowest BCUT2D eigenvalue weighted by molar-refractivity contribution is 0.122. The topological polar surface area (TPSA) is 108 Å². The van der Waals surface area contributed by atoms with Gasteiger partial charge in [0.25, 0.3) is 0 Å². The maximum atomic E-state index is 5.70. The zero-order chi connectivity index (χ0) is 18.4. The second-order valence-electron chi connectivity index (χ2n) is 7.20. The molecule has 3 aromatic rings. The first-order valence-electron chi connectivity index (χ1n) is 9.36. The molecular weight excluding hydrogens is 344 g/mol. The number of morpholine rings is 1. The van der Waals surface area contributed by atoms with E-state index in [9.17, 15) is 0 Å². The van der Waals surface area contributed by atoms with Crippen LogP contribution in [0.15, 0.2) is 18.7 Å². The molecule has 2 fully saturated rings. The molecule has 0 aromatic carbocycles. The highest BCUT2D eigenvalue weighted by molar-refractivity contribution is 5.87. The summed E-state index contributed by atoms with van der Waals surface area (Å²) in [5, 5.41) is 0. The van der Waals surface area contributed by atoms with Crippen molar-refractivity contribution >= 4 is 22.9 Å². The van der Waals surface area contributed by atoms with Gasteiger partial charge in [-0.05, 0) is 25.7 Å². The Balaban J connectivity index is 1.67. The summed E-state index contributed by atoms with van der Waals surface area (Å²) in [5.41, 5.74) is 8.63. The molecule has 0 bridgehead atoms. The molecule has 9 heteroatoms. The Morgan fingerprint density at radius 3 is 2.63 bits per heavy atom. The molecule has 1 atom stereocenters. The third kappa shape index (κ3) is 2.97. The Morgan fingerprint density at radius 1 is 1.11 bits per heavy atom. The number of nitrogens with zero attached hydrogens (tertiary/aromatic N) is 7. The van der Waals surface area contributed by atoms with Crippen molar-refractivity contribution in [2.45, 2.75) is 25.8 Å². The van der Waals surface area contributed by atoms with E-state index in [0.717, 1.165) is 24.3 Å². The van der Waals surface area contributed by atoms with E-state index in [-0.39, 0.29) is 0 Å². The van der Waals surface area contributed by atoms with Crippen LogP contribution < -0.4 is 10.6 Å². The molecule has 1 unspecified atom stereocenters. The zero-order valence-corrected chi connectivity index (χ0v) is 15.2. The summed E-state index contributed by atoms with van der Waals surface area (Å²) in [6.45, 7) is 5.12. The van der Waals surface area contributed by atoms with Gasteiger partial charge in [-0.3, -0.25) is 0 Å². The Bertz CT molecular complexity index is 959. The maximum absolute atomic E-state index is 5.70. The van der Waals surface area contributed by atoms with Crippen LogP contribution in [-0.4, -0.2) is 55.8 Å². The van der Waals surface area contributed by atoms with Gasteiger partial charge < -0.3 is 19.9 Å². The van der Waals surface area contributed by atoms with Crippen molar-refractivity contribution in [3.63, 3.8) is 0 Å². The highest BCUT2D eigenvalue weighted by atomic mass is 16.5. The standard InChI is InChI=1S/C18H22N8O/c1-11(12-2-3-12)26-10-22-16-15(13-8-21-14(19)9-20-13)23-18(24-17(16)26)25-4-6-27-7-5-25/h8-12H,2-7H2,1H3,(H2,19,21). The fourth-order valence-electron chi connectivity index (χ4n) is 3.55. The lowest BCUT2D eigenvalue weighted by Crippen LogP contribution is -2.37. The zero-order valence-electron chi connectivity index (χ0n) is 15.2. The Labute approximate surface area is 156 Å². The van der Waals surface area contributed by atoms with Gasteiger partial charge in [-0.2, -0.15) is 4.98 Å². The second kappa shape index (κ2) is 6.41. The van der Waals surface area contributed by atoms with Gasteiger partial charge in [-0.15, -0.1) is 0 Å². The van der Waals surface area contributed by atoms with E-state index in [2.05, 4.69) is 31.3 Å². The van der Waals surface area contributed by atoms with Crippen LogP contribution in [0.4, 0.5) is 11.8 Å². The third-order valence-corrected chi connectivity index (χ3v) is 5.36. The number of nitrogens with two attached hydrogens (primary N) is 1.